The van der Waals surface area contributed by atoms with E-state index in [4.69, 9.17) is 0 Å². The molecule has 3 aliphatic rings. The number of fused-ring (bicyclic) bond motifs is 4. The van der Waals surface area contributed by atoms with Gasteiger partial charge in [0.05, 0.1) is 11.1 Å². The average molecular weight is 445 g/mol. The second kappa shape index (κ2) is 8.28. The zero-order chi connectivity index (χ0) is 23.3. The molecule has 5 heterocycles. The summed E-state index contributed by atoms with van der Waals surface area (Å²) in [5.41, 5.74) is 6.19. The monoisotopic (exact) mass is 444 g/mol. The van der Waals surface area contributed by atoms with Crippen molar-refractivity contribution in [3.05, 3.63) is 53.3 Å². The maximum atomic E-state index is 13.5. The van der Waals surface area contributed by atoms with Crippen molar-refractivity contribution < 1.29 is 4.79 Å². The minimum atomic E-state index is -0.598. The molecule has 0 saturated carbocycles. The summed E-state index contributed by atoms with van der Waals surface area (Å²) >= 11 is 0. The molecule has 6 rings (SSSR count). The molecule has 3 saturated heterocycles. The van der Waals surface area contributed by atoms with Gasteiger partial charge in [0.15, 0.2) is 0 Å². The number of carbonyl (C=O) groups is 1. The fraction of sp³-hybridized carbons (Fsp3) is 0.500. The Morgan fingerprint density at radius 3 is 2.58 bits per heavy atom. The van der Waals surface area contributed by atoms with Gasteiger partial charge in [-0.1, -0.05) is 19.9 Å². The number of carbonyl (C=O) groups excluding carboxylic acids is 1. The molecular formula is C28H36N4O. The molecule has 3 fully saturated rings. The van der Waals surface area contributed by atoms with Crippen LogP contribution in [0.4, 0.5) is 0 Å². The van der Waals surface area contributed by atoms with Crippen LogP contribution in [0, 0.1) is 12.8 Å². The van der Waals surface area contributed by atoms with Gasteiger partial charge in [0.25, 0.3) is 0 Å². The maximum absolute atomic E-state index is 13.5. The minimum absolute atomic E-state index is 0.132. The normalized spacial score (nSPS) is 22.8. The number of aromatic nitrogens is 2. The lowest BCUT2D eigenvalue weighted by atomic mass is 9.80. The smallest absolute Gasteiger partial charge is 0.230 e. The molecule has 1 atom stereocenters. The summed E-state index contributed by atoms with van der Waals surface area (Å²) in [6.07, 6.45) is 4.28. The Bertz CT molecular complexity index is 1180. The summed E-state index contributed by atoms with van der Waals surface area (Å²) in [5, 5.41) is 4.62. The van der Waals surface area contributed by atoms with Crippen molar-refractivity contribution >= 4 is 16.8 Å². The lowest BCUT2D eigenvalue weighted by molar-refractivity contribution is -0.127. The van der Waals surface area contributed by atoms with Crippen molar-refractivity contribution in [2.75, 3.05) is 19.6 Å². The number of H-pyrrole nitrogens is 1. The first-order valence-electron chi connectivity index (χ1n) is 12.4. The second-order valence-corrected chi connectivity index (χ2v) is 10.9. The van der Waals surface area contributed by atoms with E-state index in [2.05, 4.69) is 78.2 Å². The number of hydrogen-bond donors (Lipinski definition) is 2. The molecule has 1 aromatic carbocycles. The summed E-state index contributed by atoms with van der Waals surface area (Å²) in [5.74, 6) is 1.11. The average Bonchev–Trinajstić information content (AvgIpc) is 3.19. The first kappa shape index (κ1) is 22.1. The standard InChI is InChI=1S/C28H36N4O/c1-17(2)25-22-15-21(6-7-23(22)30-26(25)20-8-11-29-18(3)14-20)28(4,5)27(33)31-24-16-32-12-9-19(24)10-13-32/h6-8,11,14-15,17,19,24,30H,9-10,12-13,16H2,1-5H3,(H,31,33). The highest BCUT2D eigenvalue weighted by molar-refractivity contribution is 5.94. The number of piperidine rings is 3. The number of rotatable bonds is 5. The van der Waals surface area contributed by atoms with Crippen LogP contribution in [0.25, 0.3) is 22.2 Å². The van der Waals surface area contributed by atoms with Crippen LogP contribution in [0.2, 0.25) is 0 Å². The van der Waals surface area contributed by atoms with E-state index in [0.29, 0.717) is 11.8 Å². The summed E-state index contributed by atoms with van der Waals surface area (Å²) in [6, 6.07) is 11.0. The number of nitrogens with zero attached hydrogens (tertiary/aromatic N) is 2. The van der Waals surface area contributed by atoms with E-state index >= 15 is 0 Å². The second-order valence-electron chi connectivity index (χ2n) is 10.9. The van der Waals surface area contributed by atoms with Crippen LogP contribution in [0.1, 0.15) is 63.3 Å². The molecule has 2 N–H and O–H groups in total. The molecule has 1 amide bonds. The van der Waals surface area contributed by atoms with Gasteiger partial charge in [-0.15, -0.1) is 0 Å². The SMILES string of the molecule is Cc1cc(-c2[nH]c3ccc(C(C)(C)C(=O)NC4CN5CCC4CC5)cc3c2C(C)C)ccn1. The van der Waals surface area contributed by atoms with Crippen LogP contribution in [0.15, 0.2) is 36.5 Å². The number of aromatic amines is 1. The van der Waals surface area contributed by atoms with E-state index in [1.54, 1.807) is 0 Å². The minimum Gasteiger partial charge on any atom is -0.354 e. The molecule has 2 bridgehead atoms. The number of benzene rings is 1. The quantitative estimate of drug-likeness (QED) is 0.572. The lowest BCUT2D eigenvalue weighted by Crippen LogP contribution is -2.59. The molecule has 3 aromatic rings. The Hall–Kier alpha value is -2.66. The van der Waals surface area contributed by atoms with Gasteiger partial charge in [-0.3, -0.25) is 9.78 Å². The molecule has 33 heavy (non-hydrogen) atoms. The van der Waals surface area contributed by atoms with Gasteiger partial charge < -0.3 is 15.2 Å². The van der Waals surface area contributed by atoms with Gasteiger partial charge in [0.2, 0.25) is 5.91 Å². The third-order valence-electron chi connectivity index (χ3n) is 7.86. The Morgan fingerprint density at radius 1 is 1.18 bits per heavy atom. The molecule has 5 nitrogen and oxygen atoms in total. The van der Waals surface area contributed by atoms with Gasteiger partial charge in [0, 0.05) is 40.9 Å². The number of nitrogens with one attached hydrogen (secondary N) is 2. The van der Waals surface area contributed by atoms with E-state index in [1.807, 2.05) is 13.1 Å². The van der Waals surface area contributed by atoms with Crippen LogP contribution < -0.4 is 5.32 Å². The third kappa shape index (κ3) is 3.97. The molecule has 1 unspecified atom stereocenters. The topological polar surface area (TPSA) is 61.0 Å². The van der Waals surface area contributed by atoms with Crippen LogP contribution in [-0.4, -0.2) is 46.5 Å². The van der Waals surface area contributed by atoms with Crippen LogP contribution in [-0.2, 0) is 10.2 Å². The predicted octanol–water partition coefficient (Wildman–Crippen LogP) is 5.15. The predicted molar refractivity (Wildman–Crippen MR) is 134 cm³/mol. The third-order valence-corrected chi connectivity index (χ3v) is 7.86. The van der Waals surface area contributed by atoms with Gasteiger partial charge >= 0.3 is 0 Å². The molecule has 2 aromatic heterocycles. The van der Waals surface area contributed by atoms with E-state index < -0.39 is 5.41 Å². The lowest BCUT2D eigenvalue weighted by Gasteiger charge is -2.45. The number of amides is 1. The van der Waals surface area contributed by atoms with Crippen molar-refractivity contribution in [1.82, 2.24) is 20.2 Å². The molecule has 5 heteroatoms. The van der Waals surface area contributed by atoms with Crippen LogP contribution in [0.5, 0.6) is 0 Å². The summed E-state index contributed by atoms with van der Waals surface area (Å²) in [7, 11) is 0. The molecule has 0 aliphatic carbocycles. The van der Waals surface area contributed by atoms with Crippen molar-refractivity contribution in [1.29, 1.82) is 0 Å². The summed E-state index contributed by atoms with van der Waals surface area (Å²) in [6.45, 7) is 14.0. The van der Waals surface area contributed by atoms with Crippen molar-refractivity contribution in [3.8, 4) is 11.3 Å². The van der Waals surface area contributed by atoms with Crippen LogP contribution in [0.3, 0.4) is 0 Å². The molecule has 3 aliphatic heterocycles. The molecule has 174 valence electrons. The Morgan fingerprint density at radius 2 is 1.94 bits per heavy atom. The van der Waals surface area contributed by atoms with Crippen LogP contribution >= 0.6 is 0 Å². The highest BCUT2D eigenvalue weighted by Gasteiger charge is 2.38. The molecular weight excluding hydrogens is 408 g/mol. The van der Waals surface area contributed by atoms with E-state index in [-0.39, 0.29) is 11.9 Å². The zero-order valence-corrected chi connectivity index (χ0v) is 20.5. The first-order chi connectivity index (χ1) is 15.7. The fourth-order valence-corrected chi connectivity index (χ4v) is 5.74. The Labute approximate surface area is 197 Å². The highest BCUT2D eigenvalue weighted by Crippen LogP contribution is 2.38. The van der Waals surface area contributed by atoms with E-state index in [1.165, 1.54) is 36.9 Å². The highest BCUT2D eigenvalue weighted by atomic mass is 16.2. The maximum Gasteiger partial charge on any atom is 0.230 e. The summed E-state index contributed by atoms with van der Waals surface area (Å²) in [4.78, 5) is 24.0. The number of pyridine rings is 1. The molecule has 0 radical (unpaired) electrons. The van der Waals surface area contributed by atoms with Gasteiger partial charge in [0.1, 0.15) is 0 Å². The summed E-state index contributed by atoms with van der Waals surface area (Å²) < 4.78 is 0. The zero-order valence-electron chi connectivity index (χ0n) is 20.5. The first-order valence-corrected chi connectivity index (χ1v) is 12.4. The van der Waals surface area contributed by atoms with Gasteiger partial charge in [-0.2, -0.15) is 0 Å². The van der Waals surface area contributed by atoms with Crippen molar-refractivity contribution in [2.45, 2.75) is 64.8 Å². The Balaban J connectivity index is 1.49. The number of hydrogen-bond acceptors (Lipinski definition) is 3. The largest absolute Gasteiger partial charge is 0.354 e. The van der Waals surface area contributed by atoms with Crippen molar-refractivity contribution in [2.24, 2.45) is 5.92 Å². The number of aryl methyl sites for hydroxylation is 1. The fourth-order valence-electron chi connectivity index (χ4n) is 5.74. The van der Waals surface area contributed by atoms with Gasteiger partial charge in [-0.05, 0) is 93.9 Å². The van der Waals surface area contributed by atoms with E-state index in [0.717, 1.165) is 34.6 Å². The van der Waals surface area contributed by atoms with Gasteiger partial charge in [-0.25, -0.2) is 0 Å². The Kier molecular flexibility index (Phi) is 5.56. The molecule has 0 spiro atoms. The van der Waals surface area contributed by atoms with Crippen molar-refractivity contribution in [3.63, 3.8) is 0 Å². The van der Waals surface area contributed by atoms with E-state index in [9.17, 15) is 4.79 Å².